The van der Waals surface area contributed by atoms with Crippen LogP contribution in [0.25, 0.3) is 0 Å². The minimum absolute atomic E-state index is 0.159. The lowest BCUT2D eigenvalue weighted by atomic mass is 10.1. The van der Waals surface area contributed by atoms with Gasteiger partial charge in [0.15, 0.2) is 0 Å². The molecule has 2 aromatic rings. The van der Waals surface area contributed by atoms with Crippen molar-refractivity contribution in [1.82, 2.24) is 10.2 Å². The number of thioether (sulfide) groups is 1. The summed E-state index contributed by atoms with van der Waals surface area (Å²) in [6, 6.07) is 6.74. The molecule has 2 rings (SSSR count). The predicted octanol–water partition coefficient (Wildman–Crippen LogP) is 3.17. The van der Waals surface area contributed by atoms with Crippen LogP contribution in [-0.2, 0) is 11.3 Å². The van der Waals surface area contributed by atoms with Crippen LogP contribution < -0.4 is 5.32 Å². The molecule has 0 bridgehead atoms. The van der Waals surface area contributed by atoms with Crippen molar-refractivity contribution >= 4 is 40.6 Å². The van der Waals surface area contributed by atoms with E-state index >= 15 is 0 Å². The molecule has 0 saturated heterocycles. The molecule has 0 aliphatic heterocycles. The van der Waals surface area contributed by atoms with Crippen molar-refractivity contribution in [2.24, 2.45) is 0 Å². The third kappa shape index (κ3) is 6.07. The Kier molecular flexibility index (Phi) is 7.81. The molecule has 9 heteroatoms. The average Bonchev–Trinajstić information content (AvgIpc) is 3.17. The zero-order chi connectivity index (χ0) is 19.8. The first kappa shape index (κ1) is 20.9. The van der Waals surface area contributed by atoms with E-state index in [-0.39, 0.29) is 17.2 Å². The van der Waals surface area contributed by atoms with Gasteiger partial charge in [0, 0.05) is 31.3 Å². The van der Waals surface area contributed by atoms with Crippen molar-refractivity contribution in [2.75, 3.05) is 19.1 Å². The van der Waals surface area contributed by atoms with Crippen molar-refractivity contribution in [3.8, 4) is 0 Å². The number of rotatable bonds is 9. The molecular formula is C18H21N3O4S2. The van der Waals surface area contributed by atoms with E-state index in [0.29, 0.717) is 18.7 Å². The fraction of sp³-hybridized carbons (Fsp3) is 0.333. The third-order valence-corrected chi connectivity index (χ3v) is 5.29. The number of carbonyl (C=O) groups is 2. The maximum Gasteiger partial charge on any atom is 0.270 e. The van der Waals surface area contributed by atoms with Crippen molar-refractivity contribution in [3.63, 3.8) is 0 Å². The van der Waals surface area contributed by atoms with Crippen LogP contribution in [0.4, 0.5) is 5.69 Å². The number of amides is 2. The molecule has 144 valence electrons. The number of hydrogen-bond donors (Lipinski definition) is 1. The van der Waals surface area contributed by atoms with Gasteiger partial charge in [0.05, 0.1) is 4.92 Å². The summed E-state index contributed by atoms with van der Waals surface area (Å²) in [7, 11) is 1.70. The van der Waals surface area contributed by atoms with E-state index in [1.807, 2.05) is 23.1 Å². The highest BCUT2D eigenvalue weighted by atomic mass is 32.2. The number of nitro benzene ring substituents is 1. The number of non-ortho nitro benzene ring substituents is 1. The van der Waals surface area contributed by atoms with E-state index in [9.17, 15) is 19.7 Å². The second-order valence-electron chi connectivity index (χ2n) is 5.94. The highest BCUT2D eigenvalue weighted by Gasteiger charge is 2.25. The molecule has 7 nitrogen and oxygen atoms in total. The monoisotopic (exact) mass is 407 g/mol. The van der Waals surface area contributed by atoms with Crippen molar-refractivity contribution < 1.29 is 14.5 Å². The molecule has 1 heterocycles. The summed E-state index contributed by atoms with van der Waals surface area (Å²) in [5.74, 6) is 0.0221. The van der Waals surface area contributed by atoms with Gasteiger partial charge in [0.1, 0.15) is 6.04 Å². The molecular weight excluding hydrogens is 386 g/mol. The Morgan fingerprint density at radius 3 is 2.78 bits per heavy atom. The van der Waals surface area contributed by atoms with E-state index in [1.165, 1.54) is 24.3 Å². The second-order valence-corrected chi connectivity index (χ2v) is 7.71. The van der Waals surface area contributed by atoms with Gasteiger partial charge in [-0.25, -0.2) is 0 Å². The number of hydrogen-bond acceptors (Lipinski definition) is 6. The van der Waals surface area contributed by atoms with Crippen molar-refractivity contribution in [2.45, 2.75) is 19.0 Å². The van der Waals surface area contributed by atoms with Crippen LogP contribution in [0.2, 0.25) is 0 Å². The van der Waals surface area contributed by atoms with Gasteiger partial charge >= 0.3 is 0 Å². The summed E-state index contributed by atoms with van der Waals surface area (Å²) < 4.78 is 0. The molecule has 1 N–H and O–H groups in total. The van der Waals surface area contributed by atoms with Crippen molar-refractivity contribution in [1.29, 1.82) is 0 Å². The van der Waals surface area contributed by atoms with E-state index < -0.39 is 16.9 Å². The third-order valence-electron chi connectivity index (χ3n) is 3.91. The summed E-state index contributed by atoms with van der Waals surface area (Å²) in [4.78, 5) is 37.3. The summed E-state index contributed by atoms with van der Waals surface area (Å²) >= 11 is 3.15. The maximum absolute atomic E-state index is 12.8. The zero-order valence-corrected chi connectivity index (χ0v) is 16.7. The number of nitrogens with zero attached hydrogens (tertiary/aromatic N) is 2. The molecule has 0 aliphatic rings. The Labute approximate surface area is 165 Å². The Bertz CT molecular complexity index is 796. The lowest BCUT2D eigenvalue weighted by Crippen LogP contribution is -2.47. The first-order valence-electron chi connectivity index (χ1n) is 8.22. The smallest absolute Gasteiger partial charge is 0.270 e. The second kappa shape index (κ2) is 10.1. The van der Waals surface area contributed by atoms with Gasteiger partial charge in [-0.1, -0.05) is 6.07 Å². The fourth-order valence-corrected chi connectivity index (χ4v) is 3.63. The fourth-order valence-electron chi connectivity index (χ4n) is 2.50. The molecule has 0 fully saturated rings. The summed E-state index contributed by atoms with van der Waals surface area (Å²) in [6.07, 6.45) is 2.41. The highest BCUT2D eigenvalue weighted by Crippen LogP contribution is 2.15. The molecule has 0 unspecified atom stereocenters. The Hall–Kier alpha value is -2.39. The van der Waals surface area contributed by atoms with Crippen LogP contribution >= 0.6 is 23.1 Å². The van der Waals surface area contributed by atoms with Crippen molar-refractivity contribution in [3.05, 3.63) is 62.3 Å². The molecule has 1 atom stereocenters. The first-order chi connectivity index (χ1) is 12.9. The number of carbonyl (C=O) groups excluding carboxylic acids is 2. The van der Waals surface area contributed by atoms with Gasteiger partial charge in [-0.15, -0.1) is 0 Å². The number of nitro groups is 1. The van der Waals surface area contributed by atoms with Gasteiger partial charge < -0.3 is 10.2 Å². The van der Waals surface area contributed by atoms with Crippen LogP contribution in [0.3, 0.4) is 0 Å². The Morgan fingerprint density at radius 1 is 1.37 bits per heavy atom. The molecule has 2 amide bonds. The molecule has 0 radical (unpaired) electrons. The van der Waals surface area contributed by atoms with Crippen LogP contribution in [0.15, 0.2) is 41.1 Å². The molecule has 1 aromatic carbocycles. The van der Waals surface area contributed by atoms with E-state index in [4.69, 9.17) is 0 Å². The van der Waals surface area contributed by atoms with E-state index in [1.54, 1.807) is 35.0 Å². The topological polar surface area (TPSA) is 92.5 Å². The van der Waals surface area contributed by atoms with Gasteiger partial charge in [0.25, 0.3) is 11.6 Å². The summed E-state index contributed by atoms with van der Waals surface area (Å²) in [5.41, 5.74) is 1.03. The normalized spacial score (nSPS) is 11.6. The molecule has 1 aromatic heterocycles. The minimum atomic E-state index is -0.687. The standard InChI is InChI=1S/C18H21N3O4S2/c1-20(11-13-6-9-27-12-13)18(23)16(7-8-26-2)19-17(22)14-4-3-5-15(10-14)21(24)25/h3-6,9-10,12,16H,7-8,11H2,1-2H3,(H,19,22)/t16-/m1/s1. The zero-order valence-electron chi connectivity index (χ0n) is 15.1. The minimum Gasteiger partial charge on any atom is -0.340 e. The molecule has 27 heavy (non-hydrogen) atoms. The maximum atomic E-state index is 12.8. The highest BCUT2D eigenvalue weighted by molar-refractivity contribution is 7.98. The van der Waals surface area contributed by atoms with Gasteiger partial charge in [-0.05, 0) is 46.9 Å². The Morgan fingerprint density at radius 2 is 2.15 bits per heavy atom. The quantitative estimate of drug-likeness (QED) is 0.509. The van der Waals surface area contributed by atoms with Crippen LogP contribution in [0.5, 0.6) is 0 Å². The predicted molar refractivity (Wildman–Crippen MR) is 108 cm³/mol. The lowest BCUT2D eigenvalue weighted by molar-refractivity contribution is -0.384. The molecule has 0 saturated carbocycles. The number of nitrogens with one attached hydrogen (secondary N) is 1. The Balaban J connectivity index is 2.10. The number of benzene rings is 1. The first-order valence-corrected chi connectivity index (χ1v) is 10.6. The van der Waals surface area contributed by atoms with Crippen LogP contribution in [0, 0.1) is 10.1 Å². The molecule has 0 spiro atoms. The SMILES string of the molecule is CSCC[C@@H](NC(=O)c1cccc([N+](=O)[O-])c1)C(=O)N(C)Cc1ccsc1. The lowest BCUT2D eigenvalue weighted by Gasteiger charge is -2.24. The van der Waals surface area contributed by atoms with Crippen LogP contribution in [-0.4, -0.2) is 46.7 Å². The van der Waals surface area contributed by atoms with Gasteiger partial charge in [-0.3, -0.25) is 19.7 Å². The molecule has 0 aliphatic carbocycles. The van der Waals surface area contributed by atoms with E-state index in [2.05, 4.69) is 5.32 Å². The van der Waals surface area contributed by atoms with E-state index in [0.717, 1.165) is 5.56 Å². The number of thiophene rings is 1. The van der Waals surface area contributed by atoms with Gasteiger partial charge in [0.2, 0.25) is 5.91 Å². The average molecular weight is 408 g/mol. The number of likely N-dealkylation sites (N-methyl/N-ethyl adjacent to an activating group) is 1. The summed E-state index contributed by atoms with van der Waals surface area (Å²) in [6.45, 7) is 0.463. The van der Waals surface area contributed by atoms with Crippen LogP contribution in [0.1, 0.15) is 22.3 Å². The largest absolute Gasteiger partial charge is 0.340 e. The van der Waals surface area contributed by atoms with Gasteiger partial charge in [-0.2, -0.15) is 23.1 Å². The summed E-state index contributed by atoms with van der Waals surface area (Å²) in [5, 5.41) is 17.6.